The van der Waals surface area contributed by atoms with Crippen LogP contribution in [0.2, 0.25) is 0 Å². The SMILES string of the molecule is C=C1NC(c2c(F)cc(OC)cc2F)=C(c2ccccc2)CC1I. The van der Waals surface area contributed by atoms with Gasteiger partial charge in [0.1, 0.15) is 17.4 Å². The van der Waals surface area contributed by atoms with E-state index in [1.807, 2.05) is 30.3 Å². The second-order valence-corrected chi connectivity index (χ2v) is 7.01. The first-order valence-corrected chi connectivity index (χ1v) is 8.67. The molecule has 0 fully saturated rings. The van der Waals surface area contributed by atoms with Crippen LogP contribution in [0.15, 0.2) is 54.7 Å². The summed E-state index contributed by atoms with van der Waals surface area (Å²) in [4.78, 5) is 0. The molecule has 0 amide bonds. The molecular formula is C19H16F2INO. The zero-order valence-electron chi connectivity index (χ0n) is 13.1. The van der Waals surface area contributed by atoms with Crippen molar-refractivity contribution in [1.29, 1.82) is 0 Å². The summed E-state index contributed by atoms with van der Waals surface area (Å²) in [6.07, 6.45) is 0.649. The molecule has 0 aliphatic carbocycles. The van der Waals surface area contributed by atoms with Crippen molar-refractivity contribution in [2.75, 3.05) is 7.11 Å². The lowest BCUT2D eigenvalue weighted by Crippen LogP contribution is -2.26. The van der Waals surface area contributed by atoms with Crippen LogP contribution in [-0.2, 0) is 0 Å². The minimum atomic E-state index is -0.664. The second-order valence-electron chi connectivity index (χ2n) is 5.51. The number of hydrogen-bond acceptors (Lipinski definition) is 2. The van der Waals surface area contributed by atoms with Crippen LogP contribution in [0, 0.1) is 11.6 Å². The number of ether oxygens (including phenoxy) is 1. The minimum absolute atomic E-state index is 0.0842. The molecule has 1 N–H and O–H groups in total. The zero-order chi connectivity index (χ0) is 17.3. The van der Waals surface area contributed by atoms with Crippen LogP contribution in [-0.4, -0.2) is 11.0 Å². The van der Waals surface area contributed by atoms with Crippen LogP contribution in [0.5, 0.6) is 5.75 Å². The van der Waals surface area contributed by atoms with Gasteiger partial charge in [0.2, 0.25) is 0 Å². The van der Waals surface area contributed by atoms with Gasteiger partial charge in [-0.05, 0) is 17.6 Å². The molecule has 1 aliphatic heterocycles. The molecule has 124 valence electrons. The fourth-order valence-electron chi connectivity index (χ4n) is 2.74. The fourth-order valence-corrected chi connectivity index (χ4v) is 3.34. The van der Waals surface area contributed by atoms with Gasteiger partial charge in [0, 0.05) is 17.8 Å². The predicted molar refractivity (Wildman–Crippen MR) is 101 cm³/mol. The van der Waals surface area contributed by atoms with E-state index in [4.69, 9.17) is 4.74 Å². The van der Waals surface area contributed by atoms with E-state index in [9.17, 15) is 8.78 Å². The van der Waals surface area contributed by atoms with Crippen molar-refractivity contribution in [3.05, 3.63) is 77.5 Å². The Balaban J connectivity index is 2.23. The van der Waals surface area contributed by atoms with Gasteiger partial charge in [0.15, 0.2) is 0 Å². The highest BCUT2D eigenvalue weighted by atomic mass is 127. The normalized spacial score (nSPS) is 17.7. The molecule has 0 aromatic heterocycles. The van der Waals surface area contributed by atoms with Crippen molar-refractivity contribution < 1.29 is 13.5 Å². The lowest BCUT2D eigenvalue weighted by molar-refractivity contribution is 0.406. The first-order chi connectivity index (χ1) is 11.5. The summed E-state index contributed by atoms with van der Waals surface area (Å²) in [5, 5.41) is 3.11. The van der Waals surface area contributed by atoms with Crippen LogP contribution in [0.25, 0.3) is 11.3 Å². The van der Waals surface area contributed by atoms with Crippen molar-refractivity contribution in [2.45, 2.75) is 10.3 Å². The standard InChI is InChI=1S/C19H16F2INO/c1-11-17(22)10-14(12-6-4-3-5-7-12)19(23-11)18-15(20)8-13(24-2)9-16(18)21/h3-9,17,23H,1,10H2,2H3. The number of benzene rings is 2. The molecule has 5 heteroatoms. The smallest absolute Gasteiger partial charge is 0.139 e. The summed E-state index contributed by atoms with van der Waals surface area (Å²) in [6, 6.07) is 12.0. The number of hydrogen-bond donors (Lipinski definition) is 1. The van der Waals surface area contributed by atoms with E-state index in [0.717, 1.165) is 16.8 Å². The van der Waals surface area contributed by atoms with Gasteiger partial charge in [0.05, 0.1) is 22.3 Å². The van der Waals surface area contributed by atoms with Gasteiger partial charge in [-0.25, -0.2) is 8.78 Å². The average molecular weight is 439 g/mol. The Kier molecular flexibility index (Phi) is 4.89. The maximum Gasteiger partial charge on any atom is 0.139 e. The minimum Gasteiger partial charge on any atom is -0.497 e. The van der Waals surface area contributed by atoms with Crippen molar-refractivity contribution in [3.63, 3.8) is 0 Å². The zero-order valence-corrected chi connectivity index (χ0v) is 15.2. The Morgan fingerprint density at radius 2 is 1.79 bits per heavy atom. The van der Waals surface area contributed by atoms with Crippen molar-refractivity contribution in [1.82, 2.24) is 5.32 Å². The third-order valence-corrected chi connectivity index (χ3v) is 5.16. The van der Waals surface area contributed by atoms with Crippen LogP contribution in [0.4, 0.5) is 8.78 Å². The number of alkyl halides is 1. The molecule has 3 rings (SSSR count). The van der Waals surface area contributed by atoms with Gasteiger partial charge in [-0.2, -0.15) is 0 Å². The van der Waals surface area contributed by atoms with Gasteiger partial charge in [-0.1, -0.05) is 59.5 Å². The molecule has 1 heterocycles. The number of methoxy groups -OCH3 is 1. The first kappa shape index (κ1) is 17.0. The molecule has 2 aromatic rings. The Hall–Kier alpha value is -1.89. The van der Waals surface area contributed by atoms with Gasteiger partial charge >= 0.3 is 0 Å². The molecule has 0 saturated heterocycles. The van der Waals surface area contributed by atoms with Gasteiger partial charge < -0.3 is 10.1 Å². The quantitative estimate of drug-likeness (QED) is 0.528. The van der Waals surface area contributed by atoms with Gasteiger partial charge in [-0.15, -0.1) is 0 Å². The summed E-state index contributed by atoms with van der Waals surface area (Å²) in [7, 11) is 1.38. The molecular weight excluding hydrogens is 423 g/mol. The van der Waals surface area contributed by atoms with Crippen LogP contribution < -0.4 is 10.1 Å². The van der Waals surface area contributed by atoms with E-state index in [-0.39, 0.29) is 15.2 Å². The van der Waals surface area contributed by atoms with Crippen LogP contribution >= 0.6 is 22.6 Å². The largest absolute Gasteiger partial charge is 0.497 e. The Morgan fingerprint density at radius 1 is 1.17 bits per heavy atom. The first-order valence-electron chi connectivity index (χ1n) is 7.43. The van der Waals surface area contributed by atoms with E-state index < -0.39 is 11.6 Å². The highest BCUT2D eigenvalue weighted by Crippen LogP contribution is 2.39. The molecule has 1 unspecified atom stereocenters. The van der Waals surface area contributed by atoms with E-state index in [1.54, 1.807) is 0 Å². The van der Waals surface area contributed by atoms with Gasteiger partial charge in [0.25, 0.3) is 0 Å². The summed E-state index contributed by atoms with van der Waals surface area (Å²) in [5.41, 5.74) is 2.88. The van der Waals surface area contributed by atoms with Gasteiger partial charge in [-0.3, -0.25) is 0 Å². The monoisotopic (exact) mass is 439 g/mol. The van der Waals surface area contributed by atoms with E-state index in [2.05, 4.69) is 34.5 Å². The summed E-state index contributed by atoms with van der Waals surface area (Å²) in [5.74, 6) is -1.18. The third-order valence-electron chi connectivity index (χ3n) is 3.97. The number of halogens is 3. The predicted octanol–water partition coefficient (Wildman–Crippen LogP) is 5.15. The highest BCUT2D eigenvalue weighted by Gasteiger charge is 2.27. The van der Waals surface area contributed by atoms with E-state index >= 15 is 0 Å². The molecule has 0 spiro atoms. The van der Waals surface area contributed by atoms with Crippen molar-refractivity contribution in [3.8, 4) is 5.75 Å². The highest BCUT2D eigenvalue weighted by molar-refractivity contribution is 14.1. The maximum absolute atomic E-state index is 14.6. The molecule has 1 aliphatic rings. The second kappa shape index (κ2) is 6.93. The summed E-state index contributed by atoms with van der Waals surface area (Å²) >= 11 is 2.28. The third kappa shape index (κ3) is 3.17. The molecule has 0 saturated carbocycles. The topological polar surface area (TPSA) is 21.3 Å². The number of allylic oxidation sites excluding steroid dienone is 2. The molecule has 2 aromatic carbocycles. The molecule has 0 bridgehead atoms. The lowest BCUT2D eigenvalue weighted by Gasteiger charge is -2.28. The molecule has 24 heavy (non-hydrogen) atoms. The summed E-state index contributed by atoms with van der Waals surface area (Å²) in [6.45, 7) is 3.97. The average Bonchev–Trinajstić information content (AvgIpc) is 2.57. The van der Waals surface area contributed by atoms with Crippen LogP contribution in [0.1, 0.15) is 17.5 Å². The molecule has 1 atom stereocenters. The van der Waals surface area contributed by atoms with Crippen LogP contribution in [0.3, 0.4) is 0 Å². The fraction of sp³-hybridized carbons (Fsp3) is 0.158. The molecule has 0 radical (unpaired) electrons. The van der Waals surface area contributed by atoms with E-state index in [1.165, 1.54) is 19.2 Å². The lowest BCUT2D eigenvalue weighted by atomic mass is 9.91. The Morgan fingerprint density at radius 3 is 2.38 bits per heavy atom. The molecule has 2 nitrogen and oxygen atoms in total. The maximum atomic E-state index is 14.6. The summed E-state index contributed by atoms with van der Waals surface area (Å²) < 4.78 is 34.2. The van der Waals surface area contributed by atoms with Crippen molar-refractivity contribution >= 4 is 33.9 Å². The van der Waals surface area contributed by atoms with E-state index in [0.29, 0.717) is 12.1 Å². The Bertz CT molecular complexity index is 794. The van der Waals surface area contributed by atoms with Crippen molar-refractivity contribution in [2.24, 2.45) is 0 Å². The number of rotatable bonds is 3. The Labute approximate surface area is 153 Å². The number of nitrogens with one attached hydrogen (secondary N) is 1.